The van der Waals surface area contributed by atoms with Crippen LogP contribution in [0.4, 0.5) is 0 Å². The van der Waals surface area contributed by atoms with Crippen molar-refractivity contribution in [2.24, 2.45) is 10.9 Å². The molecule has 1 atom stereocenters. The van der Waals surface area contributed by atoms with Gasteiger partial charge in [0.25, 0.3) is 0 Å². The molecule has 0 saturated heterocycles. The van der Waals surface area contributed by atoms with E-state index in [1.807, 2.05) is 42.2 Å². The second-order valence-electron chi connectivity index (χ2n) is 5.17. The molecule has 112 valence electrons. The first kappa shape index (κ1) is 15.1. The van der Waals surface area contributed by atoms with Crippen molar-refractivity contribution in [3.05, 3.63) is 53.6 Å². The number of oxime groups is 1. The summed E-state index contributed by atoms with van der Waals surface area (Å²) in [5, 5.41) is 15.2. The average molecular weight is 287 g/mol. The zero-order valence-corrected chi connectivity index (χ0v) is 12.3. The molecule has 0 bridgehead atoms. The zero-order chi connectivity index (χ0) is 15.2. The van der Waals surface area contributed by atoms with E-state index in [2.05, 4.69) is 22.4 Å². The van der Waals surface area contributed by atoms with Gasteiger partial charge < -0.3 is 20.8 Å². The molecule has 0 fully saturated rings. The average Bonchev–Trinajstić information content (AvgIpc) is 2.98. The lowest BCUT2D eigenvalue weighted by molar-refractivity contribution is 0.318. The van der Waals surface area contributed by atoms with Crippen LogP contribution in [0, 0.1) is 6.92 Å². The Morgan fingerprint density at radius 2 is 2.33 bits per heavy atom. The summed E-state index contributed by atoms with van der Waals surface area (Å²) < 4.78 is 2.05. The fraction of sp³-hybridized carbons (Fsp3) is 0.333. The molecule has 0 amide bonds. The van der Waals surface area contributed by atoms with Crippen molar-refractivity contribution in [2.75, 3.05) is 0 Å². The van der Waals surface area contributed by atoms with Gasteiger partial charge in [0, 0.05) is 37.1 Å². The predicted octanol–water partition coefficient (Wildman–Crippen LogP) is 1.46. The Bertz CT molecular complexity index is 607. The predicted molar refractivity (Wildman–Crippen MR) is 82.2 cm³/mol. The van der Waals surface area contributed by atoms with Crippen LogP contribution in [-0.4, -0.2) is 26.6 Å². The van der Waals surface area contributed by atoms with Crippen molar-refractivity contribution < 1.29 is 5.21 Å². The highest BCUT2D eigenvalue weighted by Crippen LogP contribution is 2.11. The van der Waals surface area contributed by atoms with Crippen molar-refractivity contribution >= 4 is 5.84 Å². The van der Waals surface area contributed by atoms with Crippen LogP contribution in [0.15, 0.2) is 42.1 Å². The fourth-order valence-electron chi connectivity index (χ4n) is 2.17. The molecule has 1 aromatic carbocycles. The number of rotatable bonds is 6. The van der Waals surface area contributed by atoms with Crippen LogP contribution in [0.1, 0.15) is 23.6 Å². The van der Waals surface area contributed by atoms with Gasteiger partial charge in [0.05, 0.1) is 6.33 Å². The van der Waals surface area contributed by atoms with Gasteiger partial charge in [-0.3, -0.25) is 0 Å². The van der Waals surface area contributed by atoms with Crippen LogP contribution in [0.25, 0.3) is 0 Å². The van der Waals surface area contributed by atoms with E-state index in [1.165, 1.54) is 5.56 Å². The van der Waals surface area contributed by atoms with E-state index in [0.717, 1.165) is 24.2 Å². The Morgan fingerprint density at radius 1 is 1.52 bits per heavy atom. The van der Waals surface area contributed by atoms with E-state index in [0.29, 0.717) is 6.04 Å². The van der Waals surface area contributed by atoms with Gasteiger partial charge in [-0.25, -0.2) is 4.98 Å². The highest BCUT2D eigenvalue weighted by molar-refractivity contribution is 5.97. The topological polar surface area (TPSA) is 88.5 Å². The summed E-state index contributed by atoms with van der Waals surface area (Å²) >= 11 is 0. The molecule has 0 saturated carbocycles. The minimum atomic E-state index is 0.131. The molecule has 6 nitrogen and oxygen atoms in total. The Labute approximate surface area is 124 Å². The second kappa shape index (κ2) is 6.90. The standard InChI is InChI=1S/C15H21N5O/c1-11-7-13(15(16)19-21)3-4-14(11)8-18-12(2)9-20-6-5-17-10-20/h3-7,10,12,18,21H,8-9H2,1-2H3,(H2,16,19). The van der Waals surface area contributed by atoms with Crippen molar-refractivity contribution in [3.8, 4) is 0 Å². The molecule has 2 rings (SSSR count). The van der Waals surface area contributed by atoms with Crippen molar-refractivity contribution in [2.45, 2.75) is 33.0 Å². The molecule has 0 aliphatic heterocycles. The number of benzene rings is 1. The van der Waals surface area contributed by atoms with Gasteiger partial charge in [0.2, 0.25) is 0 Å². The van der Waals surface area contributed by atoms with E-state index in [-0.39, 0.29) is 5.84 Å². The minimum Gasteiger partial charge on any atom is -0.409 e. The first-order valence-electron chi connectivity index (χ1n) is 6.86. The number of hydrogen-bond acceptors (Lipinski definition) is 4. The number of amidine groups is 1. The Morgan fingerprint density at radius 3 is 2.95 bits per heavy atom. The van der Waals surface area contributed by atoms with Crippen molar-refractivity contribution in [1.82, 2.24) is 14.9 Å². The molecular weight excluding hydrogens is 266 g/mol. The summed E-state index contributed by atoms with van der Waals surface area (Å²) in [7, 11) is 0. The molecule has 2 aromatic rings. The fourth-order valence-corrected chi connectivity index (χ4v) is 2.17. The smallest absolute Gasteiger partial charge is 0.170 e. The highest BCUT2D eigenvalue weighted by Gasteiger charge is 2.06. The third kappa shape index (κ3) is 4.06. The largest absolute Gasteiger partial charge is 0.409 e. The number of aromatic nitrogens is 2. The maximum atomic E-state index is 8.69. The summed E-state index contributed by atoms with van der Waals surface area (Å²) in [6.45, 7) is 5.81. The second-order valence-corrected chi connectivity index (χ2v) is 5.17. The normalized spacial score (nSPS) is 13.3. The molecule has 4 N–H and O–H groups in total. The van der Waals surface area contributed by atoms with E-state index in [9.17, 15) is 0 Å². The number of aryl methyl sites for hydroxylation is 1. The van der Waals surface area contributed by atoms with Gasteiger partial charge in [0.15, 0.2) is 5.84 Å². The zero-order valence-electron chi connectivity index (χ0n) is 12.3. The lowest BCUT2D eigenvalue weighted by atomic mass is 10.0. The summed E-state index contributed by atoms with van der Waals surface area (Å²) in [6, 6.07) is 6.12. The molecule has 0 aliphatic rings. The SMILES string of the molecule is Cc1cc(/C(N)=N/O)ccc1CNC(C)Cn1ccnc1. The van der Waals surface area contributed by atoms with Crippen molar-refractivity contribution in [1.29, 1.82) is 0 Å². The van der Waals surface area contributed by atoms with Gasteiger partial charge in [-0.2, -0.15) is 0 Å². The number of hydrogen-bond donors (Lipinski definition) is 3. The molecule has 1 heterocycles. The van der Waals surface area contributed by atoms with Crippen LogP contribution in [0.2, 0.25) is 0 Å². The summed E-state index contributed by atoms with van der Waals surface area (Å²) in [5.74, 6) is 0.131. The van der Waals surface area contributed by atoms with E-state index in [4.69, 9.17) is 10.9 Å². The third-order valence-corrected chi connectivity index (χ3v) is 3.43. The molecule has 0 aliphatic carbocycles. The summed E-state index contributed by atoms with van der Waals surface area (Å²) in [5.41, 5.74) is 8.62. The van der Waals surface area contributed by atoms with Crippen LogP contribution < -0.4 is 11.1 Å². The highest BCUT2D eigenvalue weighted by atomic mass is 16.4. The monoisotopic (exact) mass is 287 g/mol. The quantitative estimate of drug-likeness (QED) is 0.325. The lowest BCUT2D eigenvalue weighted by Gasteiger charge is -2.16. The molecule has 1 aromatic heterocycles. The van der Waals surface area contributed by atoms with Crippen LogP contribution in [0.5, 0.6) is 0 Å². The Hall–Kier alpha value is -2.34. The number of nitrogens with zero attached hydrogens (tertiary/aromatic N) is 3. The van der Waals surface area contributed by atoms with Crippen LogP contribution in [0.3, 0.4) is 0 Å². The third-order valence-electron chi connectivity index (χ3n) is 3.43. The summed E-state index contributed by atoms with van der Waals surface area (Å²) in [6.07, 6.45) is 5.55. The number of nitrogens with two attached hydrogens (primary N) is 1. The molecule has 0 spiro atoms. The van der Waals surface area contributed by atoms with Crippen molar-refractivity contribution in [3.63, 3.8) is 0 Å². The van der Waals surface area contributed by atoms with Gasteiger partial charge in [-0.15, -0.1) is 0 Å². The molecule has 0 radical (unpaired) electrons. The van der Waals surface area contributed by atoms with Crippen LogP contribution in [-0.2, 0) is 13.1 Å². The first-order valence-corrected chi connectivity index (χ1v) is 6.86. The maximum Gasteiger partial charge on any atom is 0.170 e. The number of nitrogens with one attached hydrogen (secondary N) is 1. The first-order chi connectivity index (χ1) is 10.1. The van der Waals surface area contributed by atoms with E-state index >= 15 is 0 Å². The molecule has 21 heavy (non-hydrogen) atoms. The number of imidazole rings is 1. The van der Waals surface area contributed by atoms with E-state index in [1.54, 1.807) is 6.20 Å². The molecule has 6 heteroatoms. The Kier molecular flexibility index (Phi) is 4.94. The van der Waals surface area contributed by atoms with Gasteiger partial charge >= 0.3 is 0 Å². The minimum absolute atomic E-state index is 0.131. The van der Waals surface area contributed by atoms with Gasteiger partial charge in [-0.1, -0.05) is 17.3 Å². The molecule has 1 unspecified atom stereocenters. The summed E-state index contributed by atoms with van der Waals surface area (Å²) in [4.78, 5) is 4.03. The maximum absolute atomic E-state index is 8.69. The van der Waals surface area contributed by atoms with E-state index < -0.39 is 0 Å². The Balaban J connectivity index is 1.94. The van der Waals surface area contributed by atoms with Gasteiger partial charge in [0.1, 0.15) is 0 Å². The lowest BCUT2D eigenvalue weighted by Crippen LogP contribution is -2.29. The van der Waals surface area contributed by atoms with Gasteiger partial charge in [-0.05, 0) is 31.0 Å². The molecular formula is C15H21N5O. The van der Waals surface area contributed by atoms with Crippen LogP contribution >= 0.6 is 0 Å².